The first-order valence-electron chi connectivity index (χ1n) is 5.17. The molecular formula is C14H16. The molecule has 0 saturated heterocycles. The maximum absolute atomic E-state index is 2.32. The van der Waals surface area contributed by atoms with Crippen LogP contribution in [0.1, 0.15) is 18.9 Å². The van der Waals surface area contributed by atoms with Crippen molar-refractivity contribution >= 4 is 0 Å². The zero-order valence-electron chi connectivity index (χ0n) is 8.61. The van der Waals surface area contributed by atoms with Gasteiger partial charge in [0.25, 0.3) is 0 Å². The predicted molar refractivity (Wildman–Crippen MR) is 61.2 cm³/mol. The Hall–Kier alpha value is -1.30. The normalized spacial score (nSPS) is 25.2. The van der Waals surface area contributed by atoms with Crippen LogP contribution in [0.4, 0.5) is 0 Å². The maximum Gasteiger partial charge on any atom is -0.00685 e. The molecule has 2 rings (SSSR count). The Morgan fingerprint density at radius 1 is 1.14 bits per heavy atom. The highest BCUT2D eigenvalue weighted by Crippen LogP contribution is 2.31. The van der Waals surface area contributed by atoms with E-state index in [1.54, 1.807) is 0 Å². The summed E-state index contributed by atoms with van der Waals surface area (Å²) in [7, 11) is 0. The highest BCUT2D eigenvalue weighted by Gasteiger charge is 2.20. The Labute approximate surface area is 86.0 Å². The Bertz CT molecular complexity index is 346. The Morgan fingerprint density at radius 3 is 2.57 bits per heavy atom. The molecule has 1 aliphatic carbocycles. The van der Waals surface area contributed by atoms with Crippen molar-refractivity contribution in [1.29, 1.82) is 0 Å². The molecule has 0 aromatic heterocycles. The number of rotatable bonds is 2. The van der Waals surface area contributed by atoms with Gasteiger partial charge in [-0.25, -0.2) is 0 Å². The first kappa shape index (κ1) is 9.26. The van der Waals surface area contributed by atoms with Gasteiger partial charge in [0.1, 0.15) is 0 Å². The fourth-order valence-corrected chi connectivity index (χ4v) is 1.97. The summed E-state index contributed by atoms with van der Waals surface area (Å²) in [5, 5.41) is 0. The van der Waals surface area contributed by atoms with Crippen molar-refractivity contribution < 1.29 is 0 Å². The Balaban J connectivity index is 2.11. The average molecular weight is 184 g/mol. The third-order valence-corrected chi connectivity index (χ3v) is 2.78. The molecule has 0 heterocycles. The highest BCUT2D eigenvalue weighted by atomic mass is 14.2. The summed E-state index contributed by atoms with van der Waals surface area (Å²) < 4.78 is 0. The van der Waals surface area contributed by atoms with E-state index >= 15 is 0 Å². The average Bonchev–Trinajstić information content (AvgIpc) is 2.19. The van der Waals surface area contributed by atoms with Gasteiger partial charge in [-0.15, -0.1) is 0 Å². The summed E-state index contributed by atoms with van der Waals surface area (Å²) in [5.74, 6) is 0. The molecule has 14 heavy (non-hydrogen) atoms. The molecule has 1 aliphatic rings. The van der Waals surface area contributed by atoms with Gasteiger partial charge in [-0.05, 0) is 23.8 Å². The van der Waals surface area contributed by atoms with Gasteiger partial charge in [0.2, 0.25) is 0 Å². The number of hydrogen-bond acceptors (Lipinski definition) is 0. The minimum Gasteiger partial charge on any atom is -0.0837 e. The maximum atomic E-state index is 2.32. The molecule has 0 aliphatic heterocycles. The van der Waals surface area contributed by atoms with Gasteiger partial charge in [0.15, 0.2) is 0 Å². The van der Waals surface area contributed by atoms with Crippen molar-refractivity contribution in [2.24, 2.45) is 5.41 Å². The molecule has 1 aromatic carbocycles. The molecule has 0 bridgehead atoms. The van der Waals surface area contributed by atoms with Crippen LogP contribution in [-0.2, 0) is 6.42 Å². The van der Waals surface area contributed by atoms with Crippen LogP contribution < -0.4 is 0 Å². The molecule has 1 atom stereocenters. The summed E-state index contributed by atoms with van der Waals surface area (Å²) in [6.45, 7) is 2.32. The van der Waals surface area contributed by atoms with Crippen molar-refractivity contribution in [3.05, 3.63) is 60.2 Å². The zero-order chi connectivity index (χ0) is 9.86. The third-order valence-electron chi connectivity index (χ3n) is 2.78. The first-order chi connectivity index (χ1) is 6.79. The van der Waals surface area contributed by atoms with Gasteiger partial charge in [-0.2, -0.15) is 0 Å². The smallest absolute Gasteiger partial charge is 0.00685 e. The molecule has 0 radical (unpaired) electrons. The molecule has 0 saturated carbocycles. The van der Waals surface area contributed by atoms with E-state index in [1.165, 1.54) is 5.56 Å². The fourth-order valence-electron chi connectivity index (χ4n) is 1.97. The Morgan fingerprint density at radius 2 is 1.93 bits per heavy atom. The lowest BCUT2D eigenvalue weighted by molar-refractivity contribution is 0.427. The van der Waals surface area contributed by atoms with Crippen molar-refractivity contribution in [2.75, 3.05) is 0 Å². The van der Waals surface area contributed by atoms with Crippen molar-refractivity contribution in [3.63, 3.8) is 0 Å². The van der Waals surface area contributed by atoms with Crippen molar-refractivity contribution in [1.82, 2.24) is 0 Å². The van der Waals surface area contributed by atoms with Crippen molar-refractivity contribution in [3.8, 4) is 0 Å². The zero-order valence-corrected chi connectivity index (χ0v) is 8.61. The Kier molecular flexibility index (Phi) is 2.53. The lowest BCUT2D eigenvalue weighted by atomic mass is 9.78. The van der Waals surface area contributed by atoms with Crippen LogP contribution in [0.5, 0.6) is 0 Å². The van der Waals surface area contributed by atoms with Gasteiger partial charge in [-0.1, -0.05) is 61.6 Å². The monoisotopic (exact) mass is 184 g/mol. The second-order valence-electron chi connectivity index (χ2n) is 4.31. The third kappa shape index (κ3) is 2.14. The summed E-state index contributed by atoms with van der Waals surface area (Å²) in [6, 6.07) is 10.7. The molecule has 0 heteroatoms. The molecule has 1 aromatic rings. The molecule has 0 N–H and O–H groups in total. The molecule has 0 fully saturated rings. The molecule has 72 valence electrons. The lowest BCUT2D eigenvalue weighted by Crippen LogP contribution is -2.17. The van der Waals surface area contributed by atoms with Gasteiger partial charge in [0.05, 0.1) is 0 Å². The van der Waals surface area contributed by atoms with Crippen LogP contribution in [0.15, 0.2) is 54.6 Å². The summed E-state index contributed by atoms with van der Waals surface area (Å²) in [5.41, 5.74) is 1.74. The second-order valence-corrected chi connectivity index (χ2v) is 4.31. The van der Waals surface area contributed by atoms with Crippen LogP contribution in [-0.4, -0.2) is 0 Å². The molecular weight excluding hydrogens is 168 g/mol. The van der Waals surface area contributed by atoms with E-state index in [0.29, 0.717) is 5.41 Å². The largest absolute Gasteiger partial charge is 0.0837 e. The van der Waals surface area contributed by atoms with E-state index in [4.69, 9.17) is 0 Å². The van der Waals surface area contributed by atoms with Crippen LogP contribution in [0, 0.1) is 5.41 Å². The van der Waals surface area contributed by atoms with Crippen molar-refractivity contribution in [2.45, 2.75) is 19.8 Å². The quantitative estimate of drug-likeness (QED) is 0.656. The second kappa shape index (κ2) is 3.83. The molecule has 0 nitrogen and oxygen atoms in total. The minimum atomic E-state index is 0.316. The number of allylic oxidation sites excluding steroid dienone is 4. The van der Waals surface area contributed by atoms with Gasteiger partial charge < -0.3 is 0 Å². The topological polar surface area (TPSA) is 0 Å². The summed E-state index contributed by atoms with van der Waals surface area (Å²) >= 11 is 0. The van der Waals surface area contributed by atoms with E-state index in [1.807, 2.05) is 0 Å². The van der Waals surface area contributed by atoms with Crippen LogP contribution in [0.25, 0.3) is 0 Å². The van der Waals surface area contributed by atoms with Gasteiger partial charge in [-0.3, -0.25) is 0 Å². The first-order valence-corrected chi connectivity index (χ1v) is 5.17. The SMILES string of the molecule is C[C@@]1(Cc2ccccc2)C=CC=CC1. The molecule has 0 amide bonds. The van der Waals surface area contributed by atoms with Crippen LogP contribution in [0.2, 0.25) is 0 Å². The van der Waals surface area contributed by atoms with E-state index in [-0.39, 0.29) is 0 Å². The van der Waals surface area contributed by atoms with Gasteiger partial charge in [0, 0.05) is 0 Å². The highest BCUT2D eigenvalue weighted by molar-refractivity contribution is 5.22. The summed E-state index contributed by atoms with van der Waals surface area (Å²) in [4.78, 5) is 0. The molecule has 0 unspecified atom stereocenters. The van der Waals surface area contributed by atoms with Crippen LogP contribution >= 0.6 is 0 Å². The van der Waals surface area contributed by atoms with Gasteiger partial charge >= 0.3 is 0 Å². The predicted octanol–water partition coefficient (Wildman–Crippen LogP) is 3.75. The lowest BCUT2D eigenvalue weighted by Gasteiger charge is -2.26. The number of benzene rings is 1. The number of hydrogen-bond donors (Lipinski definition) is 0. The van der Waals surface area contributed by atoms with Crippen LogP contribution in [0.3, 0.4) is 0 Å². The fraction of sp³-hybridized carbons (Fsp3) is 0.286. The molecule has 0 spiro atoms. The van der Waals surface area contributed by atoms with E-state index in [0.717, 1.165) is 12.8 Å². The standard InChI is InChI=1S/C14H16/c1-14(10-6-3-7-11-14)12-13-8-4-2-5-9-13/h2-10H,11-12H2,1H3/t14-/m1/s1. The van der Waals surface area contributed by atoms with E-state index < -0.39 is 0 Å². The minimum absolute atomic E-state index is 0.316. The summed E-state index contributed by atoms with van der Waals surface area (Å²) in [6.07, 6.45) is 11.1. The van der Waals surface area contributed by atoms with E-state index in [9.17, 15) is 0 Å². The van der Waals surface area contributed by atoms with E-state index in [2.05, 4.69) is 61.6 Å².